The van der Waals surface area contributed by atoms with E-state index in [9.17, 15) is 9.59 Å². The third-order valence-electron chi connectivity index (χ3n) is 6.51. The molecule has 5 rings (SSSR count). The van der Waals surface area contributed by atoms with Crippen molar-refractivity contribution in [2.75, 3.05) is 23.7 Å². The molecular formula is C29H29ClN6O2. The van der Waals surface area contributed by atoms with Crippen molar-refractivity contribution < 1.29 is 9.59 Å². The molecule has 3 N–H and O–H groups in total. The molecule has 9 heteroatoms. The molecule has 0 aliphatic carbocycles. The first-order valence-corrected chi connectivity index (χ1v) is 13.0. The fourth-order valence-corrected chi connectivity index (χ4v) is 4.69. The number of likely N-dealkylation sites (tertiary alicyclic amines) is 1. The summed E-state index contributed by atoms with van der Waals surface area (Å²) in [6.07, 6.45) is 5.07. The Morgan fingerprint density at radius 1 is 0.921 bits per heavy atom. The van der Waals surface area contributed by atoms with Crippen LogP contribution in [0.3, 0.4) is 0 Å². The van der Waals surface area contributed by atoms with E-state index in [-0.39, 0.29) is 11.9 Å². The number of hydrogen-bond acceptors (Lipinski definition) is 4. The van der Waals surface area contributed by atoms with Gasteiger partial charge in [-0.05, 0) is 48.7 Å². The molecule has 0 unspecified atom stereocenters. The molecule has 8 nitrogen and oxygen atoms in total. The predicted molar refractivity (Wildman–Crippen MR) is 150 cm³/mol. The molecule has 1 saturated heterocycles. The van der Waals surface area contributed by atoms with E-state index in [1.54, 1.807) is 53.5 Å². The molecule has 3 amide bonds. The second kappa shape index (κ2) is 11.9. The lowest BCUT2D eigenvalue weighted by atomic mass is 10.0. The molecule has 1 aliphatic rings. The van der Waals surface area contributed by atoms with E-state index < -0.39 is 6.03 Å². The smallest absolute Gasteiger partial charge is 0.323 e. The van der Waals surface area contributed by atoms with Crippen molar-refractivity contribution in [1.82, 2.24) is 20.0 Å². The van der Waals surface area contributed by atoms with Gasteiger partial charge < -0.3 is 16.0 Å². The zero-order valence-electron chi connectivity index (χ0n) is 20.8. The summed E-state index contributed by atoms with van der Waals surface area (Å²) in [5, 5.41) is 13.4. The van der Waals surface area contributed by atoms with Gasteiger partial charge in [0.05, 0.1) is 34.5 Å². The van der Waals surface area contributed by atoms with Crippen LogP contribution in [0.15, 0.2) is 91.3 Å². The van der Waals surface area contributed by atoms with Gasteiger partial charge in [-0.1, -0.05) is 60.1 Å². The number of anilines is 2. The predicted octanol–water partition coefficient (Wildman–Crippen LogP) is 5.56. The molecule has 0 atom stereocenters. The number of urea groups is 1. The van der Waals surface area contributed by atoms with Crippen LogP contribution in [-0.2, 0) is 6.54 Å². The summed E-state index contributed by atoms with van der Waals surface area (Å²) < 4.78 is 1.62. The second-order valence-electron chi connectivity index (χ2n) is 9.29. The Labute approximate surface area is 226 Å². The monoisotopic (exact) mass is 528 g/mol. The van der Waals surface area contributed by atoms with Gasteiger partial charge in [0.1, 0.15) is 0 Å². The lowest BCUT2D eigenvalue weighted by Crippen LogP contribution is -2.44. The van der Waals surface area contributed by atoms with E-state index in [2.05, 4.69) is 50.2 Å². The molecule has 4 aromatic rings. The molecule has 194 valence electrons. The average molecular weight is 529 g/mol. The highest BCUT2D eigenvalue weighted by molar-refractivity contribution is 6.33. The van der Waals surface area contributed by atoms with Gasteiger partial charge in [0.15, 0.2) is 0 Å². The molecule has 1 fully saturated rings. The highest BCUT2D eigenvalue weighted by Gasteiger charge is 2.21. The zero-order valence-corrected chi connectivity index (χ0v) is 21.6. The Hall–Kier alpha value is -4.14. The number of carbonyl (C=O) groups excluding carboxylic acids is 2. The summed E-state index contributed by atoms with van der Waals surface area (Å²) in [5.41, 5.74) is 3.61. The number of nitrogens with one attached hydrogen (secondary N) is 3. The molecule has 0 spiro atoms. The highest BCUT2D eigenvalue weighted by atomic mass is 35.5. The summed E-state index contributed by atoms with van der Waals surface area (Å²) in [5.74, 6) is -0.0991. The van der Waals surface area contributed by atoms with Crippen molar-refractivity contribution in [3.63, 3.8) is 0 Å². The molecule has 0 bridgehead atoms. The third kappa shape index (κ3) is 6.59. The molecule has 38 heavy (non-hydrogen) atoms. The first-order valence-electron chi connectivity index (χ1n) is 12.6. The summed E-state index contributed by atoms with van der Waals surface area (Å²) in [4.78, 5) is 27.8. The number of nitrogens with zero attached hydrogens (tertiary/aromatic N) is 3. The second-order valence-corrected chi connectivity index (χ2v) is 9.70. The van der Waals surface area contributed by atoms with Crippen LogP contribution in [-0.4, -0.2) is 45.8 Å². The molecule has 1 aliphatic heterocycles. The number of para-hydroxylation sites is 1. The van der Waals surface area contributed by atoms with Gasteiger partial charge in [-0.3, -0.25) is 9.69 Å². The van der Waals surface area contributed by atoms with Crippen LogP contribution in [0.5, 0.6) is 0 Å². The minimum Gasteiger partial charge on any atom is -0.349 e. The van der Waals surface area contributed by atoms with Gasteiger partial charge in [0, 0.05) is 31.2 Å². The van der Waals surface area contributed by atoms with Crippen LogP contribution in [0.25, 0.3) is 5.69 Å². The maximum atomic E-state index is 13.0. The van der Waals surface area contributed by atoms with Crippen molar-refractivity contribution in [1.29, 1.82) is 0 Å². The summed E-state index contributed by atoms with van der Waals surface area (Å²) >= 11 is 6.10. The number of halogens is 1. The van der Waals surface area contributed by atoms with Crippen molar-refractivity contribution in [3.05, 3.63) is 107 Å². The van der Waals surface area contributed by atoms with Crippen molar-refractivity contribution in [3.8, 4) is 5.69 Å². The Balaban J connectivity index is 1.14. The van der Waals surface area contributed by atoms with E-state index in [1.165, 1.54) is 5.56 Å². The lowest BCUT2D eigenvalue weighted by molar-refractivity contribution is 0.0909. The quantitative estimate of drug-likeness (QED) is 0.293. The lowest BCUT2D eigenvalue weighted by Gasteiger charge is -2.32. The van der Waals surface area contributed by atoms with Gasteiger partial charge in [-0.25, -0.2) is 9.48 Å². The Morgan fingerprint density at radius 2 is 1.68 bits per heavy atom. The van der Waals surface area contributed by atoms with Gasteiger partial charge in [-0.15, -0.1) is 0 Å². The normalized spacial score (nSPS) is 14.1. The van der Waals surface area contributed by atoms with Gasteiger partial charge in [-0.2, -0.15) is 5.10 Å². The van der Waals surface area contributed by atoms with Crippen molar-refractivity contribution >= 4 is 34.9 Å². The van der Waals surface area contributed by atoms with Gasteiger partial charge in [0.25, 0.3) is 5.91 Å². The maximum absolute atomic E-state index is 13.0. The van der Waals surface area contributed by atoms with Gasteiger partial charge in [0.2, 0.25) is 0 Å². The molecular weight excluding hydrogens is 500 g/mol. The average Bonchev–Trinajstić information content (AvgIpc) is 3.40. The fourth-order valence-electron chi connectivity index (χ4n) is 4.51. The van der Waals surface area contributed by atoms with Crippen LogP contribution < -0.4 is 16.0 Å². The minimum atomic E-state index is -0.430. The highest BCUT2D eigenvalue weighted by Crippen LogP contribution is 2.21. The zero-order chi connectivity index (χ0) is 26.3. The fraction of sp³-hybridized carbons (Fsp3) is 0.207. The number of aromatic nitrogens is 2. The van der Waals surface area contributed by atoms with E-state index in [0.717, 1.165) is 38.2 Å². The third-order valence-corrected chi connectivity index (χ3v) is 6.84. The van der Waals surface area contributed by atoms with E-state index >= 15 is 0 Å². The summed E-state index contributed by atoms with van der Waals surface area (Å²) in [6.45, 7) is 2.84. The van der Waals surface area contributed by atoms with E-state index in [4.69, 9.17) is 11.6 Å². The molecule has 0 saturated carbocycles. The topological polar surface area (TPSA) is 91.3 Å². The van der Waals surface area contributed by atoms with E-state index in [0.29, 0.717) is 22.0 Å². The molecule has 0 radical (unpaired) electrons. The minimum absolute atomic E-state index is 0.0991. The largest absolute Gasteiger partial charge is 0.349 e. The first-order chi connectivity index (χ1) is 18.5. The van der Waals surface area contributed by atoms with Crippen molar-refractivity contribution in [2.45, 2.75) is 25.4 Å². The summed E-state index contributed by atoms with van der Waals surface area (Å²) in [7, 11) is 0. The molecule has 3 aromatic carbocycles. The summed E-state index contributed by atoms with van der Waals surface area (Å²) in [6, 6.07) is 24.5. The maximum Gasteiger partial charge on any atom is 0.323 e. The molecule has 1 aromatic heterocycles. The van der Waals surface area contributed by atoms with E-state index in [1.807, 2.05) is 18.2 Å². The molecule has 2 heterocycles. The Bertz CT molecular complexity index is 1400. The standard InChI is InChI=1S/C29H29ClN6O2/c30-26-11-4-5-12-27(26)34-29(38)33-24-18-31-36(20-24)25-10-6-9-22(17-25)28(37)32-23-13-15-35(16-14-23)19-21-7-2-1-3-8-21/h1-12,17-18,20,23H,13-16,19H2,(H,32,37)(H2,33,34,38). The van der Waals surface area contributed by atoms with Crippen LogP contribution in [0, 0.1) is 0 Å². The van der Waals surface area contributed by atoms with Crippen LogP contribution in [0.4, 0.5) is 16.2 Å². The van der Waals surface area contributed by atoms with Crippen molar-refractivity contribution in [2.24, 2.45) is 0 Å². The number of amides is 3. The number of rotatable bonds is 7. The Morgan fingerprint density at radius 3 is 2.47 bits per heavy atom. The SMILES string of the molecule is O=C(Nc1cnn(-c2cccc(C(=O)NC3CCN(Cc4ccccc4)CC3)c2)c1)Nc1ccccc1Cl. The number of carbonyl (C=O) groups is 2. The Kier molecular flexibility index (Phi) is 8.01. The van der Waals surface area contributed by atoms with Crippen LogP contribution in [0.2, 0.25) is 5.02 Å². The first kappa shape index (κ1) is 25.5. The van der Waals surface area contributed by atoms with Gasteiger partial charge >= 0.3 is 6.03 Å². The number of benzene rings is 3. The number of hydrogen-bond donors (Lipinski definition) is 3. The number of piperidine rings is 1. The van der Waals surface area contributed by atoms with Crippen LogP contribution >= 0.6 is 11.6 Å². The van der Waals surface area contributed by atoms with Crippen LogP contribution in [0.1, 0.15) is 28.8 Å².